The molecule has 4 unspecified atom stereocenters. The second kappa shape index (κ2) is 4.74. The number of rotatable bonds is 1. The van der Waals surface area contributed by atoms with E-state index in [1.165, 1.54) is 12.8 Å². The van der Waals surface area contributed by atoms with Crippen molar-refractivity contribution in [2.24, 2.45) is 5.92 Å². The lowest BCUT2D eigenvalue weighted by atomic mass is 9.98. The summed E-state index contributed by atoms with van der Waals surface area (Å²) in [5.74, 6) is 1.00. The molecule has 4 atom stereocenters. The highest BCUT2D eigenvalue weighted by molar-refractivity contribution is 5.82. The minimum atomic E-state index is 0.0801. The molecule has 0 bridgehead atoms. The zero-order valence-electron chi connectivity index (χ0n) is 10.7. The van der Waals surface area contributed by atoms with Crippen LogP contribution in [0.1, 0.15) is 46.5 Å². The molecule has 0 aliphatic carbocycles. The fourth-order valence-electron chi connectivity index (χ4n) is 3.14. The van der Waals surface area contributed by atoms with Crippen LogP contribution >= 0.6 is 0 Å². The number of nitrogens with zero attached hydrogens (tertiary/aromatic N) is 1. The Bertz CT molecular complexity index is 267. The lowest BCUT2D eigenvalue weighted by Crippen LogP contribution is -2.52. The summed E-state index contributed by atoms with van der Waals surface area (Å²) in [5, 5.41) is 3.44. The van der Waals surface area contributed by atoms with E-state index in [0.717, 1.165) is 19.4 Å². The van der Waals surface area contributed by atoms with Crippen LogP contribution in [0.15, 0.2) is 0 Å². The van der Waals surface area contributed by atoms with Gasteiger partial charge in [-0.05, 0) is 45.4 Å². The van der Waals surface area contributed by atoms with Crippen molar-refractivity contribution in [3.63, 3.8) is 0 Å². The smallest absolute Gasteiger partial charge is 0.239 e. The van der Waals surface area contributed by atoms with Crippen LogP contribution in [0.25, 0.3) is 0 Å². The minimum absolute atomic E-state index is 0.0801. The van der Waals surface area contributed by atoms with E-state index < -0.39 is 0 Å². The molecule has 2 rings (SSSR count). The first kappa shape index (κ1) is 11.9. The van der Waals surface area contributed by atoms with E-state index in [1.54, 1.807) is 0 Å². The maximum absolute atomic E-state index is 12.4. The molecule has 16 heavy (non-hydrogen) atoms. The second-order valence-corrected chi connectivity index (χ2v) is 5.73. The van der Waals surface area contributed by atoms with Gasteiger partial charge in [0.2, 0.25) is 5.91 Å². The number of amides is 1. The van der Waals surface area contributed by atoms with Crippen molar-refractivity contribution in [3.05, 3.63) is 0 Å². The first-order chi connectivity index (χ1) is 7.58. The van der Waals surface area contributed by atoms with Crippen molar-refractivity contribution in [2.75, 3.05) is 6.54 Å². The van der Waals surface area contributed by atoms with Gasteiger partial charge in [-0.1, -0.05) is 6.92 Å². The maximum atomic E-state index is 12.4. The molecule has 92 valence electrons. The van der Waals surface area contributed by atoms with E-state index in [-0.39, 0.29) is 6.04 Å². The van der Waals surface area contributed by atoms with Crippen molar-refractivity contribution in [1.29, 1.82) is 0 Å². The standard InChI is InChI=1S/C13H24N2O/c1-9-7-11(3)15(8-9)13(16)12-6-4-5-10(2)14-12/h9-12,14H,4-8H2,1-3H3. The fourth-order valence-corrected chi connectivity index (χ4v) is 3.14. The second-order valence-electron chi connectivity index (χ2n) is 5.73. The Kier molecular flexibility index (Phi) is 3.53. The molecule has 0 spiro atoms. The zero-order chi connectivity index (χ0) is 11.7. The maximum Gasteiger partial charge on any atom is 0.239 e. The molecule has 3 nitrogen and oxygen atoms in total. The molecule has 2 saturated heterocycles. The summed E-state index contributed by atoms with van der Waals surface area (Å²) in [4.78, 5) is 14.4. The molecule has 1 amide bonds. The SMILES string of the molecule is CC1CC(C)N(C(=O)C2CCCC(C)N2)C1. The van der Waals surface area contributed by atoms with Gasteiger partial charge in [-0.15, -0.1) is 0 Å². The first-order valence-corrected chi connectivity index (χ1v) is 6.64. The van der Waals surface area contributed by atoms with Crippen molar-refractivity contribution >= 4 is 5.91 Å². The van der Waals surface area contributed by atoms with E-state index >= 15 is 0 Å². The van der Waals surface area contributed by atoms with Gasteiger partial charge >= 0.3 is 0 Å². The Morgan fingerprint density at radius 3 is 2.56 bits per heavy atom. The van der Waals surface area contributed by atoms with Gasteiger partial charge in [0.25, 0.3) is 0 Å². The van der Waals surface area contributed by atoms with Crippen LogP contribution < -0.4 is 5.32 Å². The molecular formula is C13H24N2O. The summed E-state index contributed by atoms with van der Waals surface area (Å²) in [5.41, 5.74) is 0. The molecule has 2 fully saturated rings. The van der Waals surface area contributed by atoms with E-state index in [2.05, 4.69) is 31.0 Å². The molecule has 0 saturated carbocycles. The number of likely N-dealkylation sites (tertiary alicyclic amines) is 1. The molecule has 2 aliphatic rings. The monoisotopic (exact) mass is 224 g/mol. The number of carbonyl (C=O) groups excluding carboxylic acids is 1. The molecule has 0 aromatic rings. The minimum Gasteiger partial charge on any atom is -0.338 e. The van der Waals surface area contributed by atoms with Crippen molar-refractivity contribution in [3.8, 4) is 0 Å². The van der Waals surface area contributed by atoms with Gasteiger partial charge in [-0.3, -0.25) is 4.79 Å². The molecule has 1 N–H and O–H groups in total. The Morgan fingerprint density at radius 2 is 2.00 bits per heavy atom. The highest BCUT2D eigenvalue weighted by atomic mass is 16.2. The Labute approximate surface area is 98.6 Å². The number of carbonyl (C=O) groups is 1. The lowest BCUT2D eigenvalue weighted by molar-refractivity contribution is -0.135. The topological polar surface area (TPSA) is 32.3 Å². The Balaban J connectivity index is 1.96. The number of hydrogen-bond donors (Lipinski definition) is 1. The number of piperidine rings is 1. The third kappa shape index (κ3) is 2.40. The molecular weight excluding hydrogens is 200 g/mol. The van der Waals surface area contributed by atoms with E-state index in [1.807, 2.05) is 0 Å². The van der Waals surface area contributed by atoms with E-state index in [0.29, 0.717) is 23.9 Å². The van der Waals surface area contributed by atoms with Crippen molar-refractivity contribution < 1.29 is 4.79 Å². The predicted molar refractivity (Wildman–Crippen MR) is 65.2 cm³/mol. The normalized spacial score (nSPS) is 40.1. The quantitative estimate of drug-likeness (QED) is 0.736. The largest absolute Gasteiger partial charge is 0.338 e. The average Bonchev–Trinajstić information content (AvgIpc) is 2.57. The number of nitrogens with one attached hydrogen (secondary N) is 1. The van der Waals surface area contributed by atoms with Crippen molar-refractivity contribution in [1.82, 2.24) is 10.2 Å². The number of hydrogen-bond acceptors (Lipinski definition) is 2. The fraction of sp³-hybridized carbons (Fsp3) is 0.923. The summed E-state index contributed by atoms with van der Waals surface area (Å²) in [6.07, 6.45) is 4.56. The van der Waals surface area contributed by atoms with E-state index in [9.17, 15) is 4.79 Å². The predicted octanol–water partition coefficient (Wildman–Crippen LogP) is 1.77. The zero-order valence-corrected chi connectivity index (χ0v) is 10.7. The molecule has 0 aromatic carbocycles. The third-order valence-electron chi connectivity index (χ3n) is 3.98. The van der Waals surface area contributed by atoms with Gasteiger partial charge in [0.15, 0.2) is 0 Å². The Morgan fingerprint density at radius 1 is 1.25 bits per heavy atom. The van der Waals surface area contributed by atoms with Crippen LogP contribution in [0, 0.1) is 5.92 Å². The highest BCUT2D eigenvalue weighted by Gasteiger charge is 2.35. The summed E-state index contributed by atoms with van der Waals surface area (Å²) in [7, 11) is 0. The molecule has 2 aliphatic heterocycles. The molecule has 3 heteroatoms. The summed E-state index contributed by atoms with van der Waals surface area (Å²) < 4.78 is 0. The average molecular weight is 224 g/mol. The van der Waals surface area contributed by atoms with Crippen LogP contribution in [0.2, 0.25) is 0 Å². The first-order valence-electron chi connectivity index (χ1n) is 6.64. The summed E-state index contributed by atoms with van der Waals surface area (Å²) in [6.45, 7) is 7.54. The lowest BCUT2D eigenvalue weighted by Gasteiger charge is -2.32. The van der Waals surface area contributed by atoms with Gasteiger partial charge in [-0.25, -0.2) is 0 Å². The van der Waals surface area contributed by atoms with Crippen LogP contribution in [-0.4, -0.2) is 35.5 Å². The Hall–Kier alpha value is -0.570. The van der Waals surface area contributed by atoms with Gasteiger partial charge in [-0.2, -0.15) is 0 Å². The molecule has 0 aromatic heterocycles. The van der Waals surface area contributed by atoms with Gasteiger partial charge in [0.1, 0.15) is 0 Å². The third-order valence-corrected chi connectivity index (χ3v) is 3.98. The van der Waals surface area contributed by atoms with Crippen LogP contribution in [0.3, 0.4) is 0 Å². The van der Waals surface area contributed by atoms with Gasteiger partial charge < -0.3 is 10.2 Å². The van der Waals surface area contributed by atoms with Crippen molar-refractivity contribution in [2.45, 2.75) is 64.6 Å². The van der Waals surface area contributed by atoms with Crippen LogP contribution in [-0.2, 0) is 4.79 Å². The molecule has 2 heterocycles. The van der Waals surface area contributed by atoms with Crippen LogP contribution in [0.5, 0.6) is 0 Å². The van der Waals surface area contributed by atoms with Crippen LogP contribution in [0.4, 0.5) is 0 Å². The molecule has 0 radical (unpaired) electrons. The summed E-state index contributed by atoms with van der Waals surface area (Å²) >= 11 is 0. The van der Waals surface area contributed by atoms with Gasteiger partial charge in [0.05, 0.1) is 6.04 Å². The highest BCUT2D eigenvalue weighted by Crippen LogP contribution is 2.24. The van der Waals surface area contributed by atoms with Gasteiger partial charge in [0, 0.05) is 18.6 Å². The van der Waals surface area contributed by atoms with E-state index in [4.69, 9.17) is 0 Å². The summed E-state index contributed by atoms with van der Waals surface area (Å²) in [6, 6.07) is 1.01.